The molecule has 1 atom stereocenters. The van der Waals surface area contributed by atoms with Crippen molar-refractivity contribution >= 4 is 33.4 Å². The van der Waals surface area contributed by atoms with E-state index in [0.29, 0.717) is 0 Å². The summed E-state index contributed by atoms with van der Waals surface area (Å²) in [6.45, 7) is 1.60. The molecule has 1 aromatic heterocycles. The molecule has 0 aliphatic carbocycles. The van der Waals surface area contributed by atoms with Crippen molar-refractivity contribution in [2.24, 2.45) is 4.99 Å². The Hall–Kier alpha value is -2.94. The maximum Gasteiger partial charge on any atom is 0.326 e. The first-order chi connectivity index (χ1) is 12.8. The van der Waals surface area contributed by atoms with Gasteiger partial charge in [-0.2, -0.15) is 4.99 Å². The van der Waals surface area contributed by atoms with Crippen LogP contribution in [0.1, 0.15) is 29.7 Å². The predicted octanol–water partition coefficient (Wildman–Crippen LogP) is 3.90. The van der Waals surface area contributed by atoms with Crippen molar-refractivity contribution in [3.8, 4) is 0 Å². The van der Waals surface area contributed by atoms with E-state index in [4.69, 9.17) is 0 Å². The summed E-state index contributed by atoms with van der Waals surface area (Å²) < 4.78 is 42.0. The van der Waals surface area contributed by atoms with Gasteiger partial charge in [0.25, 0.3) is 5.91 Å². The van der Waals surface area contributed by atoms with Crippen molar-refractivity contribution < 1.29 is 27.9 Å². The fourth-order valence-electron chi connectivity index (χ4n) is 2.66. The van der Waals surface area contributed by atoms with Gasteiger partial charge in [0.05, 0.1) is 10.2 Å². The first-order valence-electron chi connectivity index (χ1n) is 7.89. The molecule has 0 aliphatic heterocycles. The summed E-state index contributed by atoms with van der Waals surface area (Å²) in [5.74, 6) is -4.86. The highest BCUT2D eigenvalue weighted by molar-refractivity contribution is 7.16. The van der Waals surface area contributed by atoms with E-state index in [1.165, 1.54) is 22.8 Å². The van der Waals surface area contributed by atoms with Gasteiger partial charge in [0.2, 0.25) is 0 Å². The molecule has 0 saturated heterocycles. The molecule has 5 nitrogen and oxygen atoms in total. The lowest BCUT2D eigenvalue weighted by molar-refractivity contribution is -0.140. The van der Waals surface area contributed by atoms with Gasteiger partial charge in [-0.25, -0.2) is 18.0 Å². The molecule has 1 heterocycles. The zero-order valence-corrected chi connectivity index (χ0v) is 14.8. The van der Waals surface area contributed by atoms with Gasteiger partial charge < -0.3 is 9.67 Å². The van der Waals surface area contributed by atoms with E-state index in [1.54, 1.807) is 6.92 Å². The van der Waals surface area contributed by atoms with Crippen LogP contribution in [-0.2, 0) is 4.79 Å². The van der Waals surface area contributed by atoms with Gasteiger partial charge in [-0.3, -0.25) is 4.79 Å². The molecular weight excluding hydrogens is 381 g/mol. The summed E-state index contributed by atoms with van der Waals surface area (Å²) in [6, 6.07) is 5.53. The second-order valence-corrected chi connectivity index (χ2v) is 6.69. The van der Waals surface area contributed by atoms with E-state index in [9.17, 15) is 27.9 Å². The number of halogens is 3. The third-order valence-electron chi connectivity index (χ3n) is 3.92. The Kier molecular flexibility index (Phi) is 5.13. The van der Waals surface area contributed by atoms with Crippen LogP contribution in [0.15, 0.2) is 41.4 Å². The minimum absolute atomic E-state index is 0.0280. The maximum atomic E-state index is 13.7. The monoisotopic (exact) mass is 394 g/mol. The van der Waals surface area contributed by atoms with E-state index in [-0.39, 0.29) is 27.0 Å². The fourth-order valence-corrected chi connectivity index (χ4v) is 3.73. The Morgan fingerprint density at radius 3 is 2.52 bits per heavy atom. The van der Waals surface area contributed by atoms with E-state index in [2.05, 4.69) is 4.99 Å². The van der Waals surface area contributed by atoms with Crippen LogP contribution >= 0.6 is 11.3 Å². The maximum absolute atomic E-state index is 13.7. The van der Waals surface area contributed by atoms with Crippen molar-refractivity contribution in [1.29, 1.82) is 0 Å². The minimum Gasteiger partial charge on any atom is -0.480 e. The molecule has 9 heteroatoms. The van der Waals surface area contributed by atoms with Gasteiger partial charge in [-0.05, 0) is 30.7 Å². The Morgan fingerprint density at radius 2 is 1.89 bits per heavy atom. The lowest BCUT2D eigenvalue weighted by Crippen LogP contribution is -2.27. The number of fused-ring (bicyclic) bond motifs is 1. The van der Waals surface area contributed by atoms with Gasteiger partial charge in [0.15, 0.2) is 16.4 Å². The molecule has 1 amide bonds. The number of nitrogens with zero attached hydrogens (tertiary/aromatic N) is 2. The van der Waals surface area contributed by atoms with E-state index in [0.717, 1.165) is 29.5 Å². The predicted molar refractivity (Wildman–Crippen MR) is 93.0 cm³/mol. The second kappa shape index (κ2) is 7.36. The quantitative estimate of drug-likeness (QED) is 0.730. The molecule has 3 aromatic rings. The van der Waals surface area contributed by atoms with Crippen LogP contribution in [-0.4, -0.2) is 21.6 Å². The van der Waals surface area contributed by atoms with Gasteiger partial charge in [0.1, 0.15) is 11.9 Å². The van der Waals surface area contributed by atoms with Crippen LogP contribution in [0.25, 0.3) is 10.2 Å². The Balaban J connectivity index is 2.28. The van der Waals surface area contributed by atoms with Crippen molar-refractivity contribution in [3.05, 3.63) is 64.2 Å². The first-order valence-corrected chi connectivity index (χ1v) is 8.71. The number of carbonyl (C=O) groups excluding carboxylic acids is 1. The van der Waals surface area contributed by atoms with Crippen molar-refractivity contribution in [2.75, 3.05) is 0 Å². The molecular formula is C18H13F3N2O3S. The lowest BCUT2D eigenvalue weighted by atomic mass is 10.2. The number of amides is 1. The topological polar surface area (TPSA) is 71.7 Å². The molecule has 1 unspecified atom stereocenters. The van der Waals surface area contributed by atoms with Gasteiger partial charge in [-0.15, -0.1) is 0 Å². The molecule has 140 valence electrons. The summed E-state index contributed by atoms with van der Waals surface area (Å²) in [5, 5.41) is 9.48. The molecule has 2 aromatic carbocycles. The SMILES string of the molecule is CCC(C(=O)O)n1c(=NC(=O)c2cccc(F)c2)sc2cc(F)c(F)cc21. The molecule has 0 radical (unpaired) electrons. The fraction of sp³-hybridized carbons (Fsp3) is 0.167. The van der Waals surface area contributed by atoms with Crippen LogP contribution in [0.4, 0.5) is 13.2 Å². The molecule has 0 saturated carbocycles. The van der Waals surface area contributed by atoms with E-state index in [1.807, 2.05) is 0 Å². The Bertz CT molecular complexity index is 1120. The molecule has 0 spiro atoms. The zero-order valence-electron chi connectivity index (χ0n) is 13.9. The summed E-state index contributed by atoms with van der Waals surface area (Å²) in [7, 11) is 0. The molecule has 0 bridgehead atoms. The highest BCUT2D eigenvalue weighted by atomic mass is 32.1. The summed E-state index contributed by atoms with van der Waals surface area (Å²) in [6.07, 6.45) is 0.126. The molecule has 0 fully saturated rings. The third kappa shape index (κ3) is 3.63. The zero-order chi connectivity index (χ0) is 19.7. The van der Waals surface area contributed by atoms with Crippen molar-refractivity contribution in [2.45, 2.75) is 19.4 Å². The van der Waals surface area contributed by atoms with Gasteiger partial charge in [-0.1, -0.05) is 24.3 Å². The van der Waals surface area contributed by atoms with Crippen molar-refractivity contribution in [3.63, 3.8) is 0 Å². The molecule has 1 N–H and O–H groups in total. The van der Waals surface area contributed by atoms with Crippen LogP contribution in [0.3, 0.4) is 0 Å². The number of carboxylic acids is 1. The number of thiazole rings is 1. The number of hydrogen-bond acceptors (Lipinski definition) is 3. The largest absolute Gasteiger partial charge is 0.480 e. The molecule has 3 rings (SSSR count). The number of carbonyl (C=O) groups is 2. The van der Waals surface area contributed by atoms with Crippen LogP contribution in [0, 0.1) is 17.5 Å². The summed E-state index contributed by atoms with van der Waals surface area (Å²) in [5.41, 5.74) is 0.0821. The lowest BCUT2D eigenvalue weighted by Gasteiger charge is -2.13. The molecule has 0 aliphatic rings. The first kappa shape index (κ1) is 18.8. The van der Waals surface area contributed by atoms with Gasteiger partial charge in [0, 0.05) is 11.6 Å². The highest BCUT2D eigenvalue weighted by Gasteiger charge is 2.23. The highest BCUT2D eigenvalue weighted by Crippen LogP contribution is 2.25. The summed E-state index contributed by atoms with van der Waals surface area (Å²) in [4.78, 5) is 27.8. The van der Waals surface area contributed by atoms with E-state index >= 15 is 0 Å². The number of aliphatic carboxylic acids is 1. The number of benzene rings is 2. The Morgan fingerprint density at radius 1 is 1.19 bits per heavy atom. The van der Waals surface area contributed by atoms with Crippen LogP contribution in [0.5, 0.6) is 0 Å². The average molecular weight is 394 g/mol. The average Bonchev–Trinajstić information content (AvgIpc) is 2.93. The van der Waals surface area contributed by atoms with E-state index < -0.39 is 35.4 Å². The third-order valence-corrected chi connectivity index (χ3v) is 4.94. The van der Waals surface area contributed by atoms with Crippen LogP contribution in [0.2, 0.25) is 0 Å². The normalized spacial score (nSPS) is 13.1. The second-order valence-electron chi connectivity index (χ2n) is 5.68. The Labute approximate surface area is 155 Å². The minimum atomic E-state index is -1.21. The standard InChI is InChI=1S/C18H13F3N2O3S/c1-2-13(17(25)26)23-14-7-11(20)12(21)8-15(14)27-18(23)22-16(24)9-4-3-5-10(19)6-9/h3-8,13H,2H2,1H3,(H,25,26). The number of aromatic nitrogens is 1. The summed E-state index contributed by atoms with van der Waals surface area (Å²) >= 11 is 0.847. The number of rotatable bonds is 4. The smallest absolute Gasteiger partial charge is 0.326 e. The van der Waals surface area contributed by atoms with Gasteiger partial charge >= 0.3 is 5.97 Å². The molecule has 27 heavy (non-hydrogen) atoms. The van der Waals surface area contributed by atoms with Crippen LogP contribution < -0.4 is 4.80 Å². The number of hydrogen-bond donors (Lipinski definition) is 1. The van der Waals surface area contributed by atoms with Crippen molar-refractivity contribution in [1.82, 2.24) is 4.57 Å². The number of carboxylic acid groups (broad SMARTS) is 1.